The minimum absolute atomic E-state index is 0.0750. The molecular weight excluding hydrogens is 316 g/mol. The van der Waals surface area contributed by atoms with E-state index in [2.05, 4.69) is 15.9 Å². The highest BCUT2D eigenvalue weighted by atomic mass is 79.9. The van der Waals surface area contributed by atoms with Crippen LogP contribution < -0.4 is 0 Å². The van der Waals surface area contributed by atoms with Gasteiger partial charge >= 0.3 is 0 Å². The summed E-state index contributed by atoms with van der Waals surface area (Å²) in [5.74, 6) is 2.13. The fourth-order valence-corrected chi connectivity index (χ4v) is 8.19. The summed E-state index contributed by atoms with van der Waals surface area (Å²) < 4.78 is 12.0. The second-order valence-corrected chi connectivity index (χ2v) is 8.01. The van der Waals surface area contributed by atoms with Gasteiger partial charge in [0.05, 0.1) is 23.1 Å². The van der Waals surface area contributed by atoms with Crippen LogP contribution in [0.5, 0.6) is 0 Å². The summed E-state index contributed by atoms with van der Waals surface area (Å²) in [6.45, 7) is 2.54. The van der Waals surface area contributed by atoms with Crippen molar-refractivity contribution in [2.45, 2.75) is 22.6 Å². The quantitative estimate of drug-likeness (QED) is 0.631. The molecule has 0 aromatic rings. The van der Waals surface area contributed by atoms with Crippen molar-refractivity contribution in [2.24, 2.45) is 35.5 Å². The molecule has 0 amide bonds. The molecule has 2 N–H and O–H groups in total. The van der Waals surface area contributed by atoms with Gasteiger partial charge in [0.1, 0.15) is 0 Å². The van der Waals surface area contributed by atoms with E-state index in [0.717, 1.165) is 20.1 Å². The van der Waals surface area contributed by atoms with E-state index in [0.29, 0.717) is 35.5 Å². The third-order valence-electron chi connectivity index (χ3n) is 6.58. The van der Waals surface area contributed by atoms with Crippen molar-refractivity contribution in [3.63, 3.8) is 0 Å². The third kappa shape index (κ3) is 0.738. The van der Waals surface area contributed by atoms with Gasteiger partial charge in [0, 0.05) is 24.7 Å². The van der Waals surface area contributed by atoms with E-state index in [1.165, 1.54) is 0 Å². The standard InChI is InChI=1S/C11H11BrO3.C2H4O2/c12-10-6-3-7(10)5-8(4(6)9(3,5)13)11(10)14-1-2-15-11;1-2(3)4/h3-8,13H,1-2H2;1H3,(H,3,4). The number of carboxylic acids is 1. The van der Waals surface area contributed by atoms with Crippen LogP contribution in [-0.4, -0.2) is 45.1 Å². The van der Waals surface area contributed by atoms with E-state index in [9.17, 15) is 5.11 Å². The molecule has 4 atom stereocenters. The number of carboxylic acid groups (broad SMARTS) is 1. The van der Waals surface area contributed by atoms with Crippen molar-refractivity contribution < 1.29 is 24.5 Å². The summed E-state index contributed by atoms with van der Waals surface area (Å²) >= 11 is 3.94. The average molecular weight is 331 g/mol. The number of hydrogen-bond donors (Lipinski definition) is 2. The van der Waals surface area contributed by atoms with E-state index < -0.39 is 5.97 Å². The van der Waals surface area contributed by atoms with Crippen molar-refractivity contribution >= 4 is 21.9 Å². The van der Waals surface area contributed by atoms with E-state index >= 15 is 0 Å². The van der Waals surface area contributed by atoms with Gasteiger partial charge < -0.3 is 19.7 Å². The molecule has 6 saturated carbocycles. The first-order valence-electron chi connectivity index (χ1n) is 6.81. The van der Waals surface area contributed by atoms with E-state index in [4.69, 9.17) is 19.4 Å². The Balaban J connectivity index is 0.000000199. The second kappa shape index (κ2) is 2.75. The minimum Gasteiger partial charge on any atom is -0.481 e. The number of aliphatic hydroxyl groups is 1. The smallest absolute Gasteiger partial charge is 0.300 e. The molecular formula is C13H15BrO5. The van der Waals surface area contributed by atoms with E-state index in [1.54, 1.807) is 0 Å². The monoisotopic (exact) mass is 330 g/mol. The van der Waals surface area contributed by atoms with E-state index in [-0.39, 0.29) is 15.7 Å². The van der Waals surface area contributed by atoms with Crippen LogP contribution in [0.3, 0.4) is 0 Å². The molecule has 0 radical (unpaired) electrons. The first kappa shape index (κ1) is 11.5. The third-order valence-corrected chi connectivity index (χ3v) is 8.19. The van der Waals surface area contributed by atoms with Gasteiger partial charge in [-0.1, -0.05) is 15.9 Å². The number of ether oxygens (including phenoxy) is 2. The van der Waals surface area contributed by atoms with E-state index in [1.807, 2.05) is 0 Å². The van der Waals surface area contributed by atoms with Crippen molar-refractivity contribution in [2.75, 3.05) is 13.2 Å². The number of rotatable bonds is 0. The topological polar surface area (TPSA) is 76.0 Å². The summed E-state index contributed by atoms with van der Waals surface area (Å²) in [4.78, 5) is 9.00. The van der Waals surface area contributed by atoms with Gasteiger partial charge in [0.25, 0.3) is 5.97 Å². The Morgan fingerprint density at radius 2 is 1.53 bits per heavy atom. The molecule has 0 aromatic carbocycles. The summed E-state index contributed by atoms with van der Waals surface area (Å²) in [5.41, 5.74) is -0.282. The van der Waals surface area contributed by atoms with Crippen LogP contribution in [-0.2, 0) is 14.3 Å². The molecule has 4 unspecified atom stereocenters. The average Bonchev–Trinajstić information content (AvgIpc) is 2.88. The number of carbonyl (C=O) groups is 1. The molecule has 104 valence electrons. The molecule has 0 aromatic heterocycles. The normalized spacial score (nSPS) is 66.1. The molecule has 1 spiro atoms. The Hall–Kier alpha value is -0.170. The van der Waals surface area contributed by atoms with Crippen LogP contribution in [0.4, 0.5) is 0 Å². The number of aliphatic carboxylic acids is 1. The minimum atomic E-state index is -0.833. The zero-order chi connectivity index (χ0) is 13.4. The molecule has 6 heteroatoms. The maximum absolute atomic E-state index is 10.4. The number of alkyl halides is 1. The molecule has 7 fully saturated rings. The number of hydrogen-bond acceptors (Lipinski definition) is 4. The van der Waals surface area contributed by atoms with Gasteiger partial charge in [-0.3, -0.25) is 4.79 Å². The van der Waals surface area contributed by atoms with Crippen LogP contribution >= 0.6 is 15.9 Å². The molecule has 2 bridgehead atoms. The second-order valence-electron chi connectivity index (χ2n) is 6.69. The Morgan fingerprint density at radius 1 is 1.11 bits per heavy atom. The highest BCUT2D eigenvalue weighted by Crippen LogP contribution is 3.01. The van der Waals surface area contributed by atoms with Crippen LogP contribution in [0.1, 0.15) is 6.92 Å². The first-order chi connectivity index (χ1) is 8.92. The predicted molar refractivity (Wildman–Crippen MR) is 65.5 cm³/mol. The van der Waals surface area contributed by atoms with Crippen molar-refractivity contribution in [1.82, 2.24) is 0 Å². The lowest BCUT2D eigenvalue weighted by Gasteiger charge is -2.89. The largest absolute Gasteiger partial charge is 0.481 e. The van der Waals surface area contributed by atoms with Gasteiger partial charge in [0.2, 0.25) is 0 Å². The van der Waals surface area contributed by atoms with Crippen LogP contribution in [0.15, 0.2) is 0 Å². The molecule has 5 nitrogen and oxygen atoms in total. The highest BCUT2D eigenvalue weighted by Gasteiger charge is 3.09. The molecule has 7 aliphatic rings. The first-order valence-corrected chi connectivity index (χ1v) is 7.60. The van der Waals surface area contributed by atoms with Crippen LogP contribution in [0.25, 0.3) is 0 Å². The molecule has 1 aliphatic heterocycles. The fraction of sp³-hybridized carbons (Fsp3) is 0.923. The van der Waals surface area contributed by atoms with Gasteiger partial charge in [-0.05, 0) is 17.8 Å². The van der Waals surface area contributed by atoms with Crippen LogP contribution in [0, 0.1) is 35.5 Å². The Kier molecular flexibility index (Phi) is 1.66. The maximum Gasteiger partial charge on any atom is 0.300 e. The van der Waals surface area contributed by atoms with Crippen molar-refractivity contribution in [3.8, 4) is 0 Å². The predicted octanol–water partition coefficient (Wildman–Crippen LogP) is 0.450. The lowest BCUT2D eigenvalue weighted by molar-refractivity contribution is -0.461. The molecule has 19 heavy (non-hydrogen) atoms. The summed E-state index contributed by atoms with van der Waals surface area (Å²) in [5, 5.41) is 17.8. The highest BCUT2D eigenvalue weighted by molar-refractivity contribution is 9.10. The fourth-order valence-electron chi connectivity index (χ4n) is 6.56. The summed E-state index contributed by atoms with van der Waals surface area (Å²) in [6.07, 6.45) is 0. The zero-order valence-corrected chi connectivity index (χ0v) is 12.0. The Morgan fingerprint density at radius 3 is 1.95 bits per heavy atom. The van der Waals surface area contributed by atoms with Gasteiger partial charge in [-0.25, -0.2) is 0 Å². The van der Waals surface area contributed by atoms with Gasteiger partial charge in [-0.15, -0.1) is 0 Å². The van der Waals surface area contributed by atoms with Gasteiger partial charge in [0.15, 0.2) is 5.79 Å². The molecule has 7 rings (SSSR count). The molecule has 1 saturated heterocycles. The molecule has 6 aliphatic carbocycles. The Bertz CT molecular complexity index is 489. The zero-order valence-electron chi connectivity index (χ0n) is 10.4. The lowest BCUT2D eigenvalue weighted by Crippen LogP contribution is -2.96. The lowest BCUT2D eigenvalue weighted by atomic mass is 9.17. The summed E-state index contributed by atoms with van der Waals surface area (Å²) in [7, 11) is 0. The molecule has 1 heterocycles. The maximum atomic E-state index is 10.4. The Labute approximate surface area is 118 Å². The van der Waals surface area contributed by atoms with Crippen LogP contribution in [0.2, 0.25) is 0 Å². The van der Waals surface area contributed by atoms with Crippen molar-refractivity contribution in [1.29, 1.82) is 0 Å². The number of halogens is 1. The SMILES string of the molecule is CC(=O)O.OC12C3C4C1C1C2C3C1(Br)C41OCCO1. The summed E-state index contributed by atoms with van der Waals surface area (Å²) in [6, 6.07) is 0. The van der Waals surface area contributed by atoms with Crippen molar-refractivity contribution in [3.05, 3.63) is 0 Å². The van der Waals surface area contributed by atoms with Gasteiger partial charge in [-0.2, -0.15) is 0 Å².